The first-order chi connectivity index (χ1) is 13.1. The van der Waals surface area contributed by atoms with E-state index in [0.29, 0.717) is 17.4 Å². The third-order valence-corrected chi connectivity index (χ3v) is 5.67. The van der Waals surface area contributed by atoms with Gasteiger partial charge in [-0.05, 0) is 42.9 Å². The Morgan fingerprint density at radius 2 is 1.93 bits per heavy atom. The second-order valence-electron chi connectivity index (χ2n) is 7.29. The average molecular weight is 387 g/mol. The number of hydrogen-bond acceptors (Lipinski definition) is 5. The molecule has 1 aliphatic carbocycles. The molecule has 1 atom stereocenters. The summed E-state index contributed by atoms with van der Waals surface area (Å²) < 4.78 is 0. The van der Waals surface area contributed by atoms with Crippen LogP contribution >= 0.6 is 11.6 Å². The highest BCUT2D eigenvalue weighted by Crippen LogP contribution is 2.29. The number of carbonyl (C=O) groups is 1. The largest absolute Gasteiger partial charge is 0.393 e. The molecule has 1 saturated heterocycles. The van der Waals surface area contributed by atoms with Gasteiger partial charge in [0.15, 0.2) is 0 Å². The van der Waals surface area contributed by atoms with Crippen molar-refractivity contribution in [3.05, 3.63) is 46.7 Å². The lowest BCUT2D eigenvalue weighted by molar-refractivity contribution is -0.120. The van der Waals surface area contributed by atoms with Crippen molar-refractivity contribution < 1.29 is 9.90 Å². The van der Waals surface area contributed by atoms with E-state index in [9.17, 15) is 9.90 Å². The Hall–Kier alpha value is -2.18. The first kappa shape index (κ1) is 18.2. The molecule has 7 heteroatoms. The molecule has 142 valence electrons. The van der Waals surface area contributed by atoms with Crippen LogP contribution in [0.15, 0.2) is 30.6 Å². The molecule has 1 aliphatic heterocycles. The van der Waals surface area contributed by atoms with E-state index in [4.69, 9.17) is 11.6 Å². The second kappa shape index (κ2) is 7.82. The lowest BCUT2D eigenvalue weighted by Crippen LogP contribution is -2.39. The third-order valence-electron chi connectivity index (χ3n) is 5.47. The number of benzene rings is 1. The number of rotatable bonds is 3. The van der Waals surface area contributed by atoms with Gasteiger partial charge in [-0.2, -0.15) is 0 Å². The summed E-state index contributed by atoms with van der Waals surface area (Å²) in [5, 5.41) is 13.6. The topological polar surface area (TPSA) is 78.4 Å². The van der Waals surface area contributed by atoms with Crippen molar-refractivity contribution in [2.24, 2.45) is 5.92 Å². The quantitative estimate of drug-likeness (QED) is 0.848. The number of halogens is 1. The summed E-state index contributed by atoms with van der Waals surface area (Å²) in [6.45, 7) is 1.48. The molecule has 2 heterocycles. The lowest BCUT2D eigenvalue weighted by atomic mass is 9.88. The Morgan fingerprint density at radius 1 is 1.19 bits per heavy atom. The number of carbonyl (C=O) groups excluding carboxylic acids is 1. The van der Waals surface area contributed by atoms with E-state index < -0.39 is 0 Å². The summed E-state index contributed by atoms with van der Waals surface area (Å²) in [6.07, 6.45) is 6.64. The zero-order valence-electron chi connectivity index (χ0n) is 15.1. The Labute approximate surface area is 163 Å². The molecule has 0 saturated carbocycles. The lowest BCUT2D eigenvalue weighted by Gasteiger charge is -2.31. The molecule has 1 aromatic heterocycles. The highest BCUT2D eigenvalue weighted by molar-refractivity contribution is 6.30. The molecule has 1 amide bonds. The third kappa shape index (κ3) is 4.06. The molecule has 4 rings (SSSR count). The maximum absolute atomic E-state index is 12.8. The Balaban J connectivity index is 1.38. The van der Waals surface area contributed by atoms with Crippen LogP contribution in [-0.2, 0) is 17.6 Å². The van der Waals surface area contributed by atoms with E-state index >= 15 is 0 Å². The zero-order chi connectivity index (χ0) is 18.8. The minimum absolute atomic E-state index is 0.0297. The summed E-state index contributed by atoms with van der Waals surface area (Å²) in [7, 11) is 0. The molecule has 1 fully saturated rings. The first-order valence-electron chi connectivity index (χ1n) is 9.42. The van der Waals surface area contributed by atoms with Crippen LogP contribution in [0.25, 0.3) is 0 Å². The number of aryl methyl sites for hydroxylation is 1. The van der Waals surface area contributed by atoms with Crippen LogP contribution in [0.1, 0.15) is 30.4 Å². The molecule has 27 heavy (non-hydrogen) atoms. The van der Waals surface area contributed by atoms with Gasteiger partial charge < -0.3 is 15.3 Å². The van der Waals surface area contributed by atoms with E-state index in [2.05, 4.69) is 26.3 Å². The molecule has 6 nitrogen and oxygen atoms in total. The number of hydrogen-bond donors (Lipinski definition) is 2. The van der Waals surface area contributed by atoms with Crippen molar-refractivity contribution in [3.63, 3.8) is 0 Å². The maximum atomic E-state index is 12.8. The van der Waals surface area contributed by atoms with Gasteiger partial charge in [-0.15, -0.1) is 0 Å². The molecule has 1 unspecified atom stereocenters. The number of aliphatic hydroxyl groups is 1. The van der Waals surface area contributed by atoms with E-state index in [0.717, 1.165) is 50.0 Å². The number of aromatic nitrogens is 2. The van der Waals surface area contributed by atoms with Gasteiger partial charge in [-0.1, -0.05) is 23.7 Å². The van der Waals surface area contributed by atoms with Crippen molar-refractivity contribution in [3.8, 4) is 0 Å². The van der Waals surface area contributed by atoms with Crippen LogP contribution in [-0.4, -0.2) is 40.2 Å². The van der Waals surface area contributed by atoms with E-state index in [-0.39, 0.29) is 17.9 Å². The Kier molecular flexibility index (Phi) is 5.27. The predicted molar refractivity (Wildman–Crippen MR) is 105 cm³/mol. The fraction of sp³-hybridized carbons (Fsp3) is 0.450. The van der Waals surface area contributed by atoms with Crippen LogP contribution < -0.4 is 10.2 Å². The van der Waals surface area contributed by atoms with Crippen LogP contribution in [0, 0.1) is 5.92 Å². The smallest absolute Gasteiger partial charge is 0.227 e. The molecule has 0 bridgehead atoms. The molecule has 0 spiro atoms. The highest BCUT2D eigenvalue weighted by atomic mass is 35.5. The first-order valence-corrected chi connectivity index (χ1v) is 9.80. The number of anilines is 2. The van der Waals surface area contributed by atoms with E-state index in [1.807, 2.05) is 12.1 Å². The molecule has 2 aliphatic rings. The van der Waals surface area contributed by atoms with Crippen LogP contribution in [0.2, 0.25) is 5.02 Å². The minimum Gasteiger partial charge on any atom is -0.393 e. The maximum Gasteiger partial charge on any atom is 0.227 e. The van der Waals surface area contributed by atoms with Crippen molar-refractivity contribution in [1.29, 1.82) is 0 Å². The molecule has 2 aromatic rings. The standard InChI is InChI=1S/C20H23ClN4O2/c21-15-11-22-20(23-12-15)25-8-6-14(7-9-25)19(27)24-18-3-1-2-13-4-5-16(26)10-17(13)18/h1-3,11-12,14,16,26H,4-10H2,(H,24,27). The molecule has 2 N–H and O–H groups in total. The monoisotopic (exact) mass is 386 g/mol. The molecule has 1 aromatic carbocycles. The second-order valence-corrected chi connectivity index (χ2v) is 7.73. The Bertz CT molecular complexity index is 819. The van der Waals surface area contributed by atoms with Gasteiger partial charge in [-0.3, -0.25) is 4.79 Å². The fourth-order valence-electron chi connectivity index (χ4n) is 3.93. The van der Waals surface area contributed by atoms with Crippen LogP contribution in [0.3, 0.4) is 0 Å². The number of nitrogens with one attached hydrogen (secondary N) is 1. The van der Waals surface area contributed by atoms with Gasteiger partial charge in [-0.25, -0.2) is 9.97 Å². The van der Waals surface area contributed by atoms with Gasteiger partial charge in [0.25, 0.3) is 0 Å². The number of amides is 1. The zero-order valence-corrected chi connectivity index (χ0v) is 15.8. The number of fused-ring (bicyclic) bond motifs is 1. The summed E-state index contributed by atoms with van der Waals surface area (Å²) in [5.41, 5.74) is 3.16. The van der Waals surface area contributed by atoms with Crippen LogP contribution in [0.5, 0.6) is 0 Å². The van der Waals surface area contributed by atoms with Crippen molar-refractivity contribution >= 4 is 29.1 Å². The minimum atomic E-state index is -0.321. The van der Waals surface area contributed by atoms with Gasteiger partial charge >= 0.3 is 0 Å². The summed E-state index contributed by atoms with van der Waals surface area (Å²) in [4.78, 5) is 23.4. The normalized spacial score (nSPS) is 20.2. The van der Waals surface area contributed by atoms with E-state index in [1.54, 1.807) is 12.4 Å². The molecule has 0 radical (unpaired) electrons. The highest BCUT2D eigenvalue weighted by Gasteiger charge is 2.27. The summed E-state index contributed by atoms with van der Waals surface area (Å²) in [6, 6.07) is 6.00. The van der Waals surface area contributed by atoms with Crippen molar-refractivity contribution in [2.45, 2.75) is 38.2 Å². The number of aliphatic hydroxyl groups excluding tert-OH is 1. The summed E-state index contributed by atoms with van der Waals surface area (Å²) >= 11 is 5.84. The predicted octanol–water partition coefficient (Wildman–Crippen LogP) is 2.83. The Morgan fingerprint density at radius 3 is 2.67 bits per heavy atom. The molecular formula is C20H23ClN4O2. The van der Waals surface area contributed by atoms with Gasteiger partial charge in [0.2, 0.25) is 11.9 Å². The molecular weight excluding hydrogens is 364 g/mol. The van der Waals surface area contributed by atoms with Gasteiger partial charge in [0, 0.05) is 31.1 Å². The number of piperidine rings is 1. The number of nitrogens with zero attached hydrogens (tertiary/aromatic N) is 3. The van der Waals surface area contributed by atoms with Crippen molar-refractivity contribution in [2.75, 3.05) is 23.3 Å². The average Bonchev–Trinajstić information content (AvgIpc) is 2.69. The van der Waals surface area contributed by atoms with Crippen LogP contribution in [0.4, 0.5) is 11.6 Å². The summed E-state index contributed by atoms with van der Waals surface area (Å²) in [5.74, 6) is 0.683. The van der Waals surface area contributed by atoms with Gasteiger partial charge in [0.05, 0.1) is 23.5 Å². The van der Waals surface area contributed by atoms with Gasteiger partial charge in [0.1, 0.15) is 0 Å². The van der Waals surface area contributed by atoms with Crippen molar-refractivity contribution in [1.82, 2.24) is 9.97 Å². The SMILES string of the molecule is O=C(Nc1cccc2c1CC(O)CC2)C1CCN(c2ncc(Cl)cn2)CC1. The van der Waals surface area contributed by atoms with E-state index in [1.165, 1.54) is 5.56 Å². The fourth-order valence-corrected chi connectivity index (χ4v) is 4.03.